The molecule has 1 saturated heterocycles. The van der Waals surface area contributed by atoms with Crippen LogP contribution in [0.15, 0.2) is 78.3 Å². The van der Waals surface area contributed by atoms with E-state index in [1.165, 1.54) is 19.8 Å². The van der Waals surface area contributed by atoms with Crippen molar-refractivity contribution in [3.63, 3.8) is 0 Å². The Morgan fingerprint density at radius 2 is 1.71 bits per heavy atom. The Hall–Kier alpha value is -4.93. The monoisotopic (exact) mass is 824 g/mol. The Kier molecular flexibility index (Phi) is 12.1. The minimum Gasteiger partial charge on any atom is -0.453 e. The van der Waals surface area contributed by atoms with Gasteiger partial charge in [0.15, 0.2) is 0 Å². The highest BCUT2D eigenvalue weighted by Crippen LogP contribution is 2.34. The smallest absolute Gasteiger partial charge is 0.407 e. The summed E-state index contributed by atoms with van der Waals surface area (Å²) in [6.07, 6.45) is 5.97. The summed E-state index contributed by atoms with van der Waals surface area (Å²) in [4.78, 5) is 53.9. The van der Waals surface area contributed by atoms with Gasteiger partial charge in [0.25, 0.3) is 0 Å². The number of hydrogen-bond acceptors (Lipinski definition) is 10. The summed E-state index contributed by atoms with van der Waals surface area (Å²) in [6.45, 7) is 1.48. The molecule has 52 heavy (non-hydrogen) atoms. The molecule has 14 nitrogen and oxygen atoms in total. The molecule has 3 aliphatic heterocycles. The first-order valence-corrected chi connectivity index (χ1v) is 19.0. The van der Waals surface area contributed by atoms with E-state index < -0.39 is 18.2 Å². The molecule has 6 N–H and O–H groups in total. The van der Waals surface area contributed by atoms with Crippen molar-refractivity contribution in [3.8, 4) is 0 Å². The Bertz CT molecular complexity index is 1730. The lowest BCUT2D eigenvalue weighted by Gasteiger charge is -2.33. The van der Waals surface area contributed by atoms with Crippen molar-refractivity contribution in [1.29, 1.82) is 0 Å². The molecule has 3 heterocycles. The van der Waals surface area contributed by atoms with Gasteiger partial charge in [-0.2, -0.15) is 0 Å². The molecule has 0 spiro atoms. The number of hydrogen-bond donors (Lipinski definition) is 6. The number of carbonyl (C=O) groups excluding carboxylic acids is 4. The lowest BCUT2D eigenvalue weighted by molar-refractivity contribution is -0.135. The minimum absolute atomic E-state index is 0.0900. The highest BCUT2D eigenvalue weighted by atomic mass is 127. The molecule has 1 aliphatic carbocycles. The fourth-order valence-electron chi connectivity index (χ4n) is 7.06. The second-order valence-corrected chi connectivity index (χ2v) is 14.0. The second-order valence-electron chi connectivity index (χ2n) is 12.9. The van der Waals surface area contributed by atoms with Crippen LogP contribution in [0.3, 0.4) is 0 Å². The number of nitrogens with one attached hydrogen (secondary N) is 6. The lowest BCUT2D eigenvalue weighted by atomic mass is 9.94. The number of ether oxygens (including phenoxy) is 2. The highest BCUT2D eigenvalue weighted by Gasteiger charge is 2.41. The van der Waals surface area contributed by atoms with Crippen molar-refractivity contribution in [2.75, 3.05) is 44.8 Å². The average molecular weight is 825 g/mol. The van der Waals surface area contributed by atoms with Gasteiger partial charge in [-0.3, -0.25) is 9.59 Å². The zero-order chi connectivity index (χ0) is 36.6. The number of rotatable bonds is 12. The number of halogens is 1. The molecule has 2 aromatic rings. The number of allylic oxidation sites excluding steroid dienone is 3. The summed E-state index contributed by atoms with van der Waals surface area (Å²) in [5.41, 5.74) is 7.22. The zero-order valence-corrected chi connectivity index (χ0v) is 31.4. The number of amides is 4. The molecular weight excluding hydrogens is 779 g/mol. The van der Waals surface area contributed by atoms with Crippen molar-refractivity contribution in [1.82, 2.24) is 41.7 Å². The van der Waals surface area contributed by atoms with Crippen LogP contribution in [0, 0.1) is 0 Å². The van der Waals surface area contributed by atoms with Crippen molar-refractivity contribution < 1.29 is 28.7 Å². The first-order valence-electron chi connectivity index (χ1n) is 17.4. The molecule has 1 fully saturated rings. The maximum atomic E-state index is 13.9. The Labute approximate surface area is 316 Å². The molecule has 4 amide bonds. The van der Waals surface area contributed by atoms with Crippen LogP contribution in [0.2, 0.25) is 0 Å². The molecule has 0 radical (unpaired) electrons. The lowest BCUT2D eigenvalue weighted by Crippen LogP contribution is -2.54. The number of methoxy groups -OCH3 is 2. The summed E-state index contributed by atoms with van der Waals surface area (Å²) >= 11 is 2.23. The normalized spacial score (nSPS) is 20.9. The SMILES string of the molecule is COC(=O)NCC(=O)N(CCI)CC1NC=C(c2ccc(C3=CC4=C(CC3)NC([C@@H]3CCCN3C(=O)[C@H](NC(=O)OC)c3ccccc3)N4)cc2)N1. The number of carbonyl (C=O) groups is 4. The van der Waals surface area contributed by atoms with E-state index in [4.69, 9.17) is 4.74 Å². The first kappa shape index (κ1) is 36.8. The highest BCUT2D eigenvalue weighted by molar-refractivity contribution is 14.1. The van der Waals surface area contributed by atoms with Gasteiger partial charge in [0.05, 0.1) is 38.2 Å². The van der Waals surface area contributed by atoms with Crippen LogP contribution in [0.4, 0.5) is 9.59 Å². The molecule has 0 bridgehead atoms. The molecule has 4 aliphatic rings. The van der Waals surface area contributed by atoms with Crippen LogP contribution in [-0.4, -0.2) is 97.0 Å². The third-order valence-corrected chi connectivity index (χ3v) is 10.2. The fourth-order valence-corrected chi connectivity index (χ4v) is 7.64. The summed E-state index contributed by atoms with van der Waals surface area (Å²) < 4.78 is 10.2. The van der Waals surface area contributed by atoms with Crippen molar-refractivity contribution in [2.45, 2.75) is 50.1 Å². The van der Waals surface area contributed by atoms with Crippen LogP contribution in [0.1, 0.15) is 48.4 Å². The van der Waals surface area contributed by atoms with E-state index in [-0.39, 0.29) is 36.7 Å². The van der Waals surface area contributed by atoms with E-state index in [1.807, 2.05) is 41.4 Å². The Balaban J connectivity index is 1.06. The topological polar surface area (TPSA) is 165 Å². The van der Waals surface area contributed by atoms with Gasteiger partial charge in [0, 0.05) is 29.4 Å². The van der Waals surface area contributed by atoms with Crippen LogP contribution in [0.5, 0.6) is 0 Å². The second kappa shape index (κ2) is 17.1. The molecule has 2 aromatic carbocycles. The maximum Gasteiger partial charge on any atom is 0.407 e. The van der Waals surface area contributed by atoms with Crippen LogP contribution < -0.4 is 31.9 Å². The summed E-state index contributed by atoms with van der Waals surface area (Å²) in [6, 6.07) is 16.8. The standard InChI is InChI=1S/C37H45IN8O6/c1-51-36(49)40-21-32(47)45(18-16-38)22-31-39-20-29(41-31)24-12-10-23(11-13-24)26-14-15-27-28(19-26)43-34(42-27)30-9-6-17-46(30)35(48)33(44-37(50)52-2)25-7-4-3-5-8-25/h3-5,7-8,10-13,19-20,30-31,33-34,39,41-43H,6,9,14-18,21-22H2,1-2H3,(H,40,49)(H,44,50)/t30-,31?,33+,34?/m0/s1. The molecule has 2 unspecified atom stereocenters. The summed E-state index contributed by atoms with van der Waals surface area (Å²) in [7, 11) is 2.56. The Morgan fingerprint density at radius 1 is 0.962 bits per heavy atom. The first-order chi connectivity index (χ1) is 25.3. The molecule has 276 valence electrons. The van der Waals surface area contributed by atoms with E-state index in [1.54, 1.807) is 4.90 Å². The number of likely N-dealkylation sites (tertiary alicyclic amines) is 1. The van der Waals surface area contributed by atoms with Crippen molar-refractivity contribution in [2.24, 2.45) is 0 Å². The molecule has 0 aromatic heterocycles. The number of benzene rings is 2. The fraction of sp³-hybridized carbons (Fsp3) is 0.405. The van der Waals surface area contributed by atoms with Gasteiger partial charge in [0.2, 0.25) is 11.8 Å². The Morgan fingerprint density at radius 3 is 2.44 bits per heavy atom. The van der Waals surface area contributed by atoms with E-state index in [0.717, 1.165) is 58.3 Å². The van der Waals surface area contributed by atoms with Crippen molar-refractivity contribution in [3.05, 3.63) is 95.0 Å². The molecule has 4 atom stereocenters. The number of nitrogens with zero attached hydrogens (tertiary/aromatic N) is 2. The summed E-state index contributed by atoms with van der Waals surface area (Å²) in [5, 5.41) is 19.3. The predicted molar refractivity (Wildman–Crippen MR) is 204 cm³/mol. The predicted octanol–water partition coefficient (Wildman–Crippen LogP) is 3.12. The van der Waals surface area contributed by atoms with E-state index in [0.29, 0.717) is 25.2 Å². The third kappa shape index (κ3) is 8.57. The van der Waals surface area contributed by atoms with E-state index in [9.17, 15) is 19.2 Å². The van der Waals surface area contributed by atoms with Gasteiger partial charge >= 0.3 is 12.2 Å². The van der Waals surface area contributed by atoms with Gasteiger partial charge in [-0.05, 0) is 54.0 Å². The largest absolute Gasteiger partial charge is 0.453 e. The quantitative estimate of drug-likeness (QED) is 0.139. The van der Waals surface area contributed by atoms with Crippen LogP contribution in [-0.2, 0) is 19.1 Å². The minimum atomic E-state index is -0.842. The third-order valence-electron chi connectivity index (χ3n) is 9.73. The average Bonchev–Trinajstić information content (AvgIpc) is 3.95. The van der Waals surface area contributed by atoms with Gasteiger partial charge in [0.1, 0.15) is 24.9 Å². The van der Waals surface area contributed by atoms with Gasteiger partial charge < -0.3 is 51.2 Å². The van der Waals surface area contributed by atoms with Crippen LogP contribution >= 0.6 is 22.6 Å². The molecular formula is C37H45IN8O6. The van der Waals surface area contributed by atoms with Crippen LogP contribution in [0.25, 0.3) is 11.3 Å². The number of alkyl halides is 1. The van der Waals surface area contributed by atoms with E-state index >= 15 is 0 Å². The maximum absolute atomic E-state index is 13.9. The molecule has 0 saturated carbocycles. The summed E-state index contributed by atoms with van der Waals surface area (Å²) in [5.74, 6) is -0.337. The van der Waals surface area contributed by atoms with Crippen molar-refractivity contribution >= 4 is 57.9 Å². The van der Waals surface area contributed by atoms with Gasteiger partial charge in [-0.25, -0.2) is 9.59 Å². The molecule has 15 heteroatoms. The van der Waals surface area contributed by atoms with Gasteiger partial charge in [-0.15, -0.1) is 0 Å². The molecule has 6 rings (SSSR count). The van der Waals surface area contributed by atoms with E-state index in [2.05, 4.69) is 89.6 Å². The van der Waals surface area contributed by atoms with Gasteiger partial charge in [-0.1, -0.05) is 77.2 Å². The number of alkyl carbamates (subject to hydrolysis) is 2. The zero-order valence-electron chi connectivity index (χ0n) is 29.2.